The monoisotopic (exact) mass is 266 g/mol. The van der Waals surface area contributed by atoms with Crippen molar-refractivity contribution in [1.82, 2.24) is 0 Å². The van der Waals surface area contributed by atoms with E-state index in [1.807, 2.05) is 24.3 Å². The van der Waals surface area contributed by atoms with Crippen molar-refractivity contribution < 1.29 is 18.4 Å². The molecule has 0 unspecified atom stereocenters. The Morgan fingerprint density at radius 3 is 2.44 bits per heavy atom. The highest BCUT2D eigenvalue weighted by Gasteiger charge is 2.17. The molecule has 0 saturated carbocycles. The van der Waals surface area contributed by atoms with Crippen molar-refractivity contribution in [2.24, 2.45) is 0 Å². The Bertz CT molecular complexity index is 427. The van der Waals surface area contributed by atoms with Crippen molar-refractivity contribution in [2.45, 2.75) is 13.5 Å². The maximum atomic E-state index is 11.4. The fourth-order valence-electron chi connectivity index (χ4n) is 1.51. The molecule has 0 atom stereocenters. The first-order valence-electron chi connectivity index (χ1n) is 5.56. The highest BCUT2D eigenvalue weighted by Crippen LogP contribution is 2.04. The van der Waals surface area contributed by atoms with Crippen molar-refractivity contribution in [1.29, 1.82) is 0 Å². The third-order valence-electron chi connectivity index (χ3n) is 2.44. The lowest BCUT2D eigenvalue weighted by molar-refractivity contribution is -0.140. The average molecular weight is 266 g/mol. The predicted octanol–water partition coefficient (Wildman–Crippen LogP) is 1.03. The summed E-state index contributed by atoms with van der Waals surface area (Å²) in [6.07, 6.45) is 0. The van der Waals surface area contributed by atoms with E-state index in [2.05, 4.69) is 6.58 Å². The van der Waals surface area contributed by atoms with Gasteiger partial charge in [0.05, 0.1) is 0 Å². The molecule has 0 N–H and O–H groups in total. The minimum Gasteiger partial charge on any atom is -0.457 e. The van der Waals surface area contributed by atoms with Gasteiger partial charge in [0.2, 0.25) is 0 Å². The summed E-state index contributed by atoms with van der Waals surface area (Å²) in [4.78, 5) is 11.4. The fourth-order valence-corrected chi connectivity index (χ4v) is 2.96. The minimum atomic E-state index is -1.89. The second kappa shape index (κ2) is 7.10. The first kappa shape index (κ1) is 14.6. The molecule has 0 bridgehead atoms. The van der Waals surface area contributed by atoms with Crippen LogP contribution in [0.4, 0.5) is 0 Å². The Morgan fingerprint density at radius 2 is 1.89 bits per heavy atom. The molecule has 18 heavy (non-hydrogen) atoms. The van der Waals surface area contributed by atoms with Gasteiger partial charge in [-0.1, -0.05) is 30.8 Å². The van der Waals surface area contributed by atoms with Crippen LogP contribution in [0.5, 0.6) is 0 Å². The van der Waals surface area contributed by atoms with Crippen LogP contribution in [0.25, 0.3) is 0 Å². The molecule has 5 heteroatoms. The lowest BCUT2D eigenvalue weighted by Gasteiger charge is -2.15. The summed E-state index contributed by atoms with van der Waals surface area (Å²) in [5, 5.41) is 0.983. The summed E-state index contributed by atoms with van der Waals surface area (Å²) in [6.45, 7) is 5.37. The lowest BCUT2D eigenvalue weighted by Crippen LogP contribution is -2.37. The molecule has 0 aromatic heterocycles. The summed E-state index contributed by atoms with van der Waals surface area (Å²) in [5.41, 5.74) is 1.30. The zero-order valence-electron chi connectivity index (χ0n) is 10.9. The number of rotatable bonds is 6. The molecule has 0 aliphatic carbocycles. The summed E-state index contributed by atoms with van der Waals surface area (Å²) >= 11 is 0. The minimum absolute atomic E-state index is 0.206. The van der Waals surface area contributed by atoms with Gasteiger partial charge in [0.15, 0.2) is 0 Å². The van der Waals surface area contributed by atoms with Crippen LogP contribution in [-0.2, 0) is 25.0 Å². The largest absolute Gasteiger partial charge is 0.457 e. The summed E-state index contributed by atoms with van der Waals surface area (Å²) in [6, 6.07) is 7.65. The number of ether oxygens (including phenoxy) is 1. The normalized spacial score (nSPS) is 10.4. The van der Waals surface area contributed by atoms with Crippen molar-refractivity contribution in [3.8, 4) is 0 Å². The average Bonchev–Trinajstić information content (AvgIpc) is 2.38. The van der Waals surface area contributed by atoms with E-state index in [0.717, 1.165) is 10.8 Å². The van der Waals surface area contributed by atoms with Crippen LogP contribution in [-0.4, -0.2) is 29.5 Å². The number of carbonyl (C=O) groups is 1. The highest BCUT2D eigenvalue weighted by molar-refractivity contribution is 6.61. The smallest absolute Gasteiger partial charge is 0.355 e. The van der Waals surface area contributed by atoms with Crippen LogP contribution < -0.4 is 5.19 Å². The molecule has 4 nitrogen and oxygen atoms in total. The SMILES string of the molecule is C=C(C)C(=O)OCc1ccccc1[SiH](OC)OC. The molecule has 0 aliphatic heterocycles. The second-order valence-electron chi connectivity index (χ2n) is 3.86. The van der Waals surface area contributed by atoms with Crippen molar-refractivity contribution in [3.63, 3.8) is 0 Å². The molecule has 0 radical (unpaired) electrons. The molecule has 0 saturated heterocycles. The first-order valence-corrected chi connectivity index (χ1v) is 7.08. The van der Waals surface area contributed by atoms with Crippen LogP contribution in [0.2, 0.25) is 0 Å². The van der Waals surface area contributed by atoms with Crippen LogP contribution in [0, 0.1) is 0 Å². The van der Waals surface area contributed by atoms with E-state index in [-0.39, 0.29) is 6.61 Å². The van der Waals surface area contributed by atoms with E-state index in [0.29, 0.717) is 5.57 Å². The number of hydrogen-bond donors (Lipinski definition) is 0. The van der Waals surface area contributed by atoms with Crippen molar-refractivity contribution >= 4 is 20.4 Å². The summed E-state index contributed by atoms with van der Waals surface area (Å²) in [5.74, 6) is -0.391. The number of hydrogen-bond acceptors (Lipinski definition) is 4. The maximum Gasteiger partial charge on any atom is 0.355 e. The van der Waals surface area contributed by atoms with E-state index in [1.54, 1.807) is 21.1 Å². The molecule has 1 aromatic carbocycles. The van der Waals surface area contributed by atoms with E-state index >= 15 is 0 Å². The van der Waals surface area contributed by atoms with Gasteiger partial charge >= 0.3 is 15.3 Å². The Kier molecular flexibility index (Phi) is 5.77. The standard InChI is InChI=1S/C13H18O4Si/c1-10(2)13(14)17-9-11-7-5-6-8-12(11)18(15-3)16-4/h5-8,18H,1,9H2,2-4H3. The molecule has 0 heterocycles. The Hall–Kier alpha value is -1.43. The second-order valence-corrected chi connectivity index (χ2v) is 6.09. The van der Waals surface area contributed by atoms with E-state index < -0.39 is 15.3 Å². The molecule has 0 spiro atoms. The predicted molar refractivity (Wildman–Crippen MR) is 71.9 cm³/mol. The quantitative estimate of drug-likeness (QED) is 0.438. The van der Waals surface area contributed by atoms with E-state index in [1.165, 1.54) is 0 Å². The Balaban J connectivity index is 2.82. The van der Waals surface area contributed by atoms with Crippen LogP contribution in [0.1, 0.15) is 12.5 Å². The molecule has 0 aliphatic rings. The van der Waals surface area contributed by atoms with Gasteiger partial charge in [0.1, 0.15) is 6.61 Å². The lowest BCUT2D eigenvalue weighted by atomic mass is 10.2. The number of benzene rings is 1. The van der Waals surface area contributed by atoms with Gasteiger partial charge in [-0.15, -0.1) is 0 Å². The van der Waals surface area contributed by atoms with Crippen molar-refractivity contribution in [3.05, 3.63) is 42.0 Å². The topological polar surface area (TPSA) is 44.8 Å². The number of esters is 1. The zero-order valence-corrected chi connectivity index (χ0v) is 12.1. The van der Waals surface area contributed by atoms with E-state index in [4.69, 9.17) is 13.6 Å². The van der Waals surface area contributed by atoms with Gasteiger partial charge in [0, 0.05) is 19.8 Å². The van der Waals surface area contributed by atoms with E-state index in [9.17, 15) is 4.79 Å². The van der Waals surface area contributed by atoms with Crippen LogP contribution >= 0.6 is 0 Å². The Labute approximate surface area is 109 Å². The third-order valence-corrected chi connectivity index (χ3v) is 4.37. The molecule has 1 rings (SSSR count). The highest BCUT2D eigenvalue weighted by atomic mass is 28.3. The molecule has 0 amide bonds. The third kappa shape index (κ3) is 3.80. The molecule has 0 fully saturated rings. The van der Waals surface area contributed by atoms with Gasteiger partial charge in [-0.3, -0.25) is 0 Å². The van der Waals surface area contributed by atoms with Gasteiger partial charge in [0.25, 0.3) is 0 Å². The van der Waals surface area contributed by atoms with Crippen LogP contribution in [0.15, 0.2) is 36.4 Å². The molecular formula is C13H18O4Si. The fraction of sp³-hybridized carbons (Fsp3) is 0.308. The molecule has 1 aromatic rings. The summed E-state index contributed by atoms with van der Waals surface area (Å²) < 4.78 is 15.8. The number of carbonyl (C=O) groups excluding carboxylic acids is 1. The van der Waals surface area contributed by atoms with Crippen molar-refractivity contribution in [2.75, 3.05) is 14.2 Å². The first-order chi connectivity index (χ1) is 8.60. The molecular weight excluding hydrogens is 248 g/mol. The van der Waals surface area contributed by atoms with Gasteiger partial charge in [-0.25, -0.2) is 4.79 Å². The molecule has 98 valence electrons. The zero-order chi connectivity index (χ0) is 13.5. The van der Waals surface area contributed by atoms with Gasteiger partial charge in [-0.05, 0) is 17.7 Å². The maximum absolute atomic E-state index is 11.4. The Morgan fingerprint density at radius 1 is 1.28 bits per heavy atom. The van der Waals surface area contributed by atoms with Gasteiger partial charge in [-0.2, -0.15) is 0 Å². The summed E-state index contributed by atoms with van der Waals surface area (Å²) in [7, 11) is 1.35. The van der Waals surface area contributed by atoms with Crippen LogP contribution in [0.3, 0.4) is 0 Å². The van der Waals surface area contributed by atoms with Gasteiger partial charge < -0.3 is 13.6 Å².